The molecule has 45 heavy (non-hydrogen) atoms. The molecule has 1 heterocycles. The van der Waals surface area contributed by atoms with Crippen molar-refractivity contribution in [3.63, 3.8) is 0 Å². The van der Waals surface area contributed by atoms with Gasteiger partial charge in [0, 0.05) is 11.6 Å². The summed E-state index contributed by atoms with van der Waals surface area (Å²) in [6.07, 6.45) is 2.08. The first kappa shape index (κ1) is 27.8. The summed E-state index contributed by atoms with van der Waals surface area (Å²) in [7, 11) is 1.13. The number of aromatic amines is 1. The van der Waals surface area contributed by atoms with Crippen LogP contribution in [0.2, 0.25) is 0 Å². The molecule has 0 bridgehead atoms. The van der Waals surface area contributed by atoms with Gasteiger partial charge < -0.3 is 29.9 Å². The van der Waals surface area contributed by atoms with Crippen molar-refractivity contribution >= 4 is 40.1 Å². The average molecular weight is 607 g/mol. The number of phenols is 3. The molecule has 0 saturated heterocycles. The second-order valence-electron chi connectivity index (χ2n) is 10.9. The van der Waals surface area contributed by atoms with E-state index in [9.17, 15) is 39.3 Å². The summed E-state index contributed by atoms with van der Waals surface area (Å²) < 4.78 is 4.92. The molecule has 3 aromatic carbocycles. The molecule has 1 aromatic heterocycles. The minimum absolute atomic E-state index is 0.120. The van der Waals surface area contributed by atoms with Gasteiger partial charge in [-0.25, -0.2) is 0 Å². The lowest BCUT2D eigenvalue weighted by atomic mass is 9.76. The SMILES string of the molecule is COC1=CC(=O)c2c(O)c3c(c(O)c2C1=O)C(=O)C1(CCc2cc4cc(C=NOCc5ccccc5)[nH]c(=O)c4c(O)c21)C3=O. The standard InChI is InChI=1S/C33H22N2O10/c1-44-19-11-18(36)21-22(26(19)37)28(39)24-23(27(21)38)30(41)33(31(24)42)8-7-15-9-16-10-17(35-32(43)20(16)29(40)25(15)33)12-34-45-13-14-5-3-2-4-6-14/h2-6,9-12,38-40H,7-8,13H2,1H3,(H,35,43). The third-order valence-electron chi connectivity index (χ3n) is 8.60. The number of oxime groups is 1. The van der Waals surface area contributed by atoms with E-state index in [-0.39, 0.29) is 36.1 Å². The van der Waals surface area contributed by atoms with E-state index in [2.05, 4.69) is 10.1 Å². The number of benzene rings is 3. The number of carbonyl (C=O) groups excluding carboxylic acids is 4. The summed E-state index contributed by atoms with van der Waals surface area (Å²) >= 11 is 0. The lowest BCUT2D eigenvalue weighted by molar-refractivity contribution is 0.0790. The predicted octanol–water partition coefficient (Wildman–Crippen LogP) is 3.37. The molecule has 0 amide bonds. The Morgan fingerprint density at radius 1 is 0.911 bits per heavy atom. The number of ketones is 4. The summed E-state index contributed by atoms with van der Waals surface area (Å²) in [6.45, 7) is 0.205. The van der Waals surface area contributed by atoms with Gasteiger partial charge in [-0.2, -0.15) is 0 Å². The third-order valence-corrected chi connectivity index (χ3v) is 8.60. The van der Waals surface area contributed by atoms with Crippen LogP contribution in [0.1, 0.15) is 70.2 Å². The van der Waals surface area contributed by atoms with E-state index in [1.807, 2.05) is 30.3 Å². The molecule has 4 N–H and O–H groups in total. The number of hydrogen-bond donors (Lipinski definition) is 4. The van der Waals surface area contributed by atoms with Gasteiger partial charge >= 0.3 is 0 Å². The maximum absolute atomic E-state index is 14.1. The van der Waals surface area contributed by atoms with Crippen LogP contribution in [-0.2, 0) is 28.0 Å². The van der Waals surface area contributed by atoms with Gasteiger partial charge in [0.05, 0.1) is 46.7 Å². The predicted molar refractivity (Wildman–Crippen MR) is 157 cm³/mol. The molecule has 7 rings (SSSR count). The van der Waals surface area contributed by atoms with Crippen LogP contribution < -0.4 is 5.56 Å². The highest BCUT2D eigenvalue weighted by atomic mass is 16.6. The second-order valence-corrected chi connectivity index (χ2v) is 10.9. The number of aryl methyl sites for hydroxylation is 1. The topological polar surface area (TPSA) is 193 Å². The number of methoxy groups -OCH3 is 1. The van der Waals surface area contributed by atoms with E-state index < -0.39 is 79.4 Å². The molecule has 3 aliphatic carbocycles. The Bertz CT molecular complexity index is 2180. The van der Waals surface area contributed by atoms with Crippen molar-refractivity contribution in [3.8, 4) is 17.2 Å². The number of H-pyrrole nitrogens is 1. The zero-order valence-corrected chi connectivity index (χ0v) is 23.5. The Balaban J connectivity index is 1.32. The Morgan fingerprint density at radius 2 is 1.60 bits per heavy atom. The molecule has 0 saturated carbocycles. The van der Waals surface area contributed by atoms with Crippen LogP contribution in [0.3, 0.4) is 0 Å². The van der Waals surface area contributed by atoms with E-state index in [1.165, 1.54) is 6.21 Å². The van der Waals surface area contributed by atoms with Crippen molar-refractivity contribution in [1.29, 1.82) is 0 Å². The minimum atomic E-state index is -2.11. The number of allylic oxidation sites excluding steroid dienone is 2. The number of aromatic hydroxyl groups is 3. The van der Waals surface area contributed by atoms with Gasteiger partial charge in [0.2, 0.25) is 5.78 Å². The van der Waals surface area contributed by atoms with Crippen molar-refractivity contribution in [2.45, 2.75) is 24.9 Å². The molecule has 0 radical (unpaired) electrons. The fourth-order valence-corrected chi connectivity index (χ4v) is 6.61. The molecule has 12 heteroatoms. The molecule has 3 aliphatic rings. The first-order valence-electron chi connectivity index (χ1n) is 13.8. The minimum Gasteiger partial charge on any atom is -0.507 e. The van der Waals surface area contributed by atoms with Gasteiger partial charge in [0.15, 0.2) is 23.1 Å². The molecule has 12 nitrogen and oxygen atoms in total. The molecular weight excluding hydrogens is 584 g/mol. The molecule has 224 valence electrons. The van der Waals surface area contributed by atoms with Gasteiger partial charge in [-0.05, 0) is 35.4 Å². The molecule has 1 spiro atoms. The summed E-state index contributed by atoms with van der Waals surface area (Å²) in [5.74, 6) is -6.72. The van der Waals surface area contributed by atoms with Crippen LogP contribution >= 0.6 is 0 Å². The van der Waals surface area contributed by atoms with Gasteiger partial charge in [-0.3, -0.25) is 24.0 Å². The molecule has 4 aromatic rings. The number of fused-ring (bicyclic) bond motifs is 5. The summed E-state index contributed by atoms with van der Waals surface area (Å²) in [6, 6.07) is 12.5. The van der Waals surface area contributed by atoms with E-state index in [0.29, 0.717) is 10.9 Å². The number of rotatable bonds is 5. The van der Waals surface area contributed by atoms with Crippen LogP contribution in [0.15, 0.2) is 64.3 Å². The maximum atomic E-state index is 14.1. The van der Waals surface area contributed by atoms with Crippen molar-refractivity contribution in [1.82, 2.24) is 4.98 Å². The van der Waals surface area contributed by atoms with Crippen molar-refractivity contribution < 1.29 is 44.1 Å². The average Bonchev–Trinajstić information content (AvgIpc) is 3.51. The smallest absolute Gasteiger partial charge is 0.260 e. The summed E-state index contributed by atoms with van der Waals surface area (Å²) in [4.78, 5) is 75.1. The molecule has 1 unspecified atom stereocenters. The second kappa shape index (κ2) is 9.74. The number of phenolic OH excluding ortho intramolecular Hbond substituents is 3. The number of ether oxygens (including phenoxy) is 1. The van der Waals surface area contributed by atoms with Crippen LogP contribution in [-0.4, -0.2) is 56.8 Å². The highest BCUT2D eigenvalue weighted by Gasteiger charge is 2.61. The number of Topliss-reactive ketones (excluding diaryl/α,β-unsaturated/α-hetero) is 3. The quantitative estimate of drug-likeness (QED) is 0.113. The fraction of sp³-hybridized carbons (Fsp3) is 0.152. The number of nitrogens with one attached hydrogen (secondary N) is 1. The van der Waals surface area contributed by atoms with Gasteiger partial charge in [-0.1, -0.05) is 41.6 Å². The number of pyridine rings is 1. The maximum Gasteiger partial charge on any atom is 0.260 e. The monoisotopic (exact) mass is 606 g/mol. The largest absolute Gasteiger partial charge is 0.507 e. The van der Waals surface area contributed by atoms with Crippen LogP contribution in [0.4, 0.5) is 0 Å². The molecule has 0 fully saturated rings. The highest BCUT2D eigenvalue weighted by Crippen LogP contribution is 2.57. The number of hydrogen-bond acceptors (Lipinski definition) is 11. The normalized spacial score (nSPS) is 18.5. The fourth-order valence-electron chi connectivity index (χ4n) is 6.61. The molecular formula is C33H22N2O10. The highest BCUT2D eigenvalue weighted by molar-refractivity contribution is 6.38. The lowest BCUT2D eigenvalue weighted by Crippen LogP contribution is -2.36. The first-order valence-corrected chi connectivity index (χ1v) is 13.8. The molecule has 1 atom stereocenters. The summed E-state index contributed by atoms with van der Waals surface area (Å²) in [5, 5.41) is 37.8. The Labute approximate surface area is 252 Å². The Hall–Kier alpha value is -6.04. The molecule has 0 aliphatic heterocycles. The van der Waals surface area contributed by atoms with Crippen LogP contribution in [0.5, 0.6) is 17.2 Å². The van der Waals surface area contributed by atoms with Crippen LogP contribution in [0.25, 0.3) is 10.8 Å². The number of carbonyl (C=O) groups is 4. The van der Waals surface area contributed by atoms with E-state index in [1.54, 1.807) is 12.1 Å². The number of aromatic nitrogens is 1. The van der Waals surface area contributed by atoms with Gasteiger partial charge in [0.1, 0.15) is 29.3 Å². The Kier molecular flexibility index (Phi) is 6.01. The van der Waals surface area contributed by atoms with Crippen molar-refractivity contribution in [3.05, 3.63) is 109 Å². The number of nitrogens with zero attached hydrogens (tertiary/aromatic N) is 1. The van der Waals surface area contributed by atoms with Crippen molar-refractivity contribution in [2.24, 2.45) is 5.16 Å². The zero-order valence-electron chi connectivity index (χ0n) is 23.5. The van der Waals surface area contributed by atoms with Crippen LogP contribution in [0, 0.1) is 0 Å². The van der Waals surface area contributed by atoms with Gasteiger partial charge in [0.25, 0.3) is 5.56 Å². The summed E-state index contributed by atoms with van der Waals surface area (Å²) in [5.41, 5.74) is -3.98. The van der Waals surface area contributed by atoms with Crippen molar-refractivity contribution in [2.75, 3.05) is 7.11 Å². The van der Waals surface area contributed by atoms with E-state index >= 15 is 0 Å². The van der Waals surface area contributed by atoms with E-state index in [0.717, 1.165) is 18.7 Å². The first-order chi connectivity index (χ1) is 21.6. The lowest BCUT2D eigenvalue weighted by Gasteiger charge is -2.22. The zero-order chi connectivity index (χ0) is 31.8. The third kappa shape index (κ3) is 3.71. The Morgan fingerprint density at radius 3 is 2.29 bits per heavy atom. The van der Waals surface area contributed by atoms with E-state index in [4.69, 9.17) is 9.57 Å². The van der Waals surface area contributed by atoms with Gasteiger partial charge in [-0.15, -0.1) is 0 Å².